The fourth-order valence-electron chi connectivity index (χ4n) is 3.75. The molecular formula is C24H21N5O2. The highest BCUT2D eigenvalue weighted by molar-refractivity contribution is 5.99. The largest absolute Gasteiger partial charge is 0.497 e. The summed E-state index contributed by atoms with van der Waals surface area (Å²) in [5.41, 5.74) is 4.54. The summed E-state index contributed by atoms with van der Waals surface area (Å²) in [7, 11) is 1.65. The van der Waals surface area contributed by atoms with E-state index in [-0.39, 0.29) is 12.5 Å². The Kier molecular flexibility index (Phi) is 4.84. The van der Waals surface area contributed by atoms with Crippen LogP contribution in [-0.4, -0.2) is 32.5 Å². The van der Waals surface area contributed by atoms with Crippen molar-refractivity contribution in [2.45, 2.75) is 13.1 Å². The SMILES string of the molecule is COc1ccc2c(c1)c(-c1cc3cccnc3[nH]1)cn2CC(=O)NCc1ccccn1. The Labute approximate surface area is 178 Å². The predicted molar refractivity (Wildman–Crippen MR) is 120 cm³/mol. The van der Waals surface area contributed by atoms with E-state index in [9.17, 15) is 4.79 Å². The van der Waals surface area contributed by atoms with Gasteiger partial charge in [0.05, 0.1) is 19.3 Å². The zero-order valence-corrected chi connectivity index (χ0v) is 17.0. The molecule has 0 radical (unpaired) electrons. The van der Waals surface area contributed by atoms with Crippen molar-refractivity contribution in [3.8, 4) is 17.0 Å². The van der Waals surface area contributed by atoms with Gasteiger partial charge in [-0.3, -0.25) is 9.78 Å². The normalized spacial score (nSPS) is 11.1. The van der Waals surface area contributed by atoms with Crippen LogP contribution < -0.4 is 10.1 Å². The van der Waals surface area contributed by atoms with Gasteiger partial charge in [0.15, 0.2) is 0 Å². The average Bonchev–Trinajstić information content (AvgIpc) is 3.39. The van der Waals surface area contributed by atoms with E-state index in [0.29, 0.717) is 6.54 Å². The number of aromatic nitrogens is 4. The number of rotatable bonds is 6. The maximum atomic E-state index is 12.6. The van der Waals surface area contributed by atoms with E-state index in [1.54, 1.807) is 19.5 Å². The van der Waals surface area contributed by atoms with Gasteiger partial charge in [-0.2, -0.15) is 0 Å². The molecule has 1 amide bonds. The molecule has 0 saturated carbocycles. The fraction of sp³-hybridized carbons (Fsp3) is 0.125. The van der Waals surface area contributed by atoms with Crippen molar-refractivity contribution in [1.82, 2.24) is 24.8 Å². The molecule has 0 fully saturated rings. The van der Waals surface area contributed by atoms with Crippen molar-refractivity contribution in [2.75, 3.05) is 7.11 Å². The minimum atomic E-state index is -0.0803. The van der Waals surface area contributed by atoms with Gasteiger partial charge < -0.3 is 19.6 Å². The molecule has 2 N–H and O–H groups in total. The summed E-state index contributed by atoms with van der Waals surface area (Å²) >= 11 is 0. The number of aromatic amines is 1. The third kappa shape index (κ3) is 3.73. The van der Waals surface area contributed by atoms with Crippen molar-refractivity contribution >= 4 is 27.8 Å². The predicted octanol–water partition coefficient (Wildman–Crippen LogP) is 3.90. The molecule has 0 saturated heterocycles. The first-order valence-corrected chi connectivity index (χ1v) is 9.99. The maximum Gasteiger partial charge on any atom is 0.240 e. The van der Waals surface area contributed by atoms with Gasteiger partial charge in [0.25, 0.3) is 0 Å². The molecular weight excluding hydrogens is 390 g/mol. The number of carbonyl (C=O) groups excluding carboxylic acids is 1. The molecule has 0 aliphatic carbocycles. The highest BCUT2D eigenvalue weighted by atomic mass is 16.5. The molecule has 0 aliphatic rings. The number of methoxy groups -OCH3 is 1. The molecule has 7 nitrogen and oxygen atoms in total. The highest BCUT2D eigenvalue weighted by Gasteiger charge is 2.15. The summed E-state index contributed by atoms with van der Waals surface area (Å²) in [5.74, 6) is 0.684. The van der Waals surface area contributed by atoms with Gasteiger partial charge in [0.2, 0.25) is 5.91 Å². The van der Waals surface area contributed by atoms with Crippen molar-refractivity contribution in [3.05, 3.63) is 78.9 Å². The number of benzene rings is 1. The lowest BCUT2D eigenvalue weighted by Crippen LogP contribution is -2.27. The number of hydrogen-bond donors (Lipinski definition) is 2. The van der Waals surface area contributed by atoms with Crippen LogP contribution in [0.25, 0.3) is 33.2 Å². The lowest BCUT2D eigenvalue weighted by Gasteiger charge is -2.07. The van der Waals surface area contributed by atoms with Crippen LogP contribution >= 0.6 is 0 Å². The molecule has 4 heterocycles. The first-order valence-electron chi connectivity index (χ1n) is 9.99. The quantitative estimate of drug-likeness (QED) is 0.444. The van der Waals surface area contributed by atoms with Crippen LogP contribution in [0.2, 0.25) is 0 Å². The van der Waals surface area contributed by atoms with Crippen LogP contribution in [0.3, 0.4) is 0 Å². The molecule has 0 bridgehead atoms. The second kappa shape index (κ2) is 7.95. The van der Waals surface area contributed by atoms with E-state index in [0.717, 1.165) is 44.6 Å². The lowest BCUT2D eigenvalue weighted by molar-refractivity contribution is -0.121. The molecule has 0 atom stereocenters. The van der Waals surface area contributed by atoms with Gasteiger partial charge in [-0.25, -0.2) is 4.98 Å². The van der Waals surface area contributed by atoms with Crippen LogP contribution in [0.4, 0.5) is 0 Å². The van der Waals surface area contributed by atoms with Crippen molar-refractivity contribution in [1.29, 1.82) is 0 Å². The molecule has 1 aromatic carbocycles. The zero-order chi connectivity index (χ0) is 21.2. The minimum absolute atomic E-state index is 0.0803. The van der Waals surface area contributed by atoms with Gasteiger partial charge in [0.1, 0.15) is 17.9 Å². The third-order valence-corrected chi connectivity index (χ3v) is 5.28. The Bertz CT molecular complexity index is 1340. The van der Waals surface area contributed by atoms with Crippen LogP contribution in [0.15, 0.2) is 73.2 Å². The Hall–Kier alpha value is -4.13. The number of ether oxygens (including phenoxy) is 1. The minimum Gasteiger partial charge on any atom is -0.497 e. The number of hydrogen-bond acceptors (Lipinski definition) is 4. The van der Waals surface area contributed by atoms with Crippen LogP contribution in [0.1, 0.15) is 5.69 Å². The summed E-state index contributed by atoms with van der Waals surface area (Å²) < 4.78 is 7.39. The molecule has 0 aliphatic heterocycles. The van der Waals surface area contributed by atoms with Gasteiger partial charge in [0, 0.05) is 46.1 Å². The molecule has 5 rings (SSSR count). The fourth-order valence-corrected chi connectivity index (χ4v) is 3.75. The van der Waals surface area contributed by atoms with Gasteiger partial charge in [-0.05, 0) is 48.5 Å². The zero-order valence-electron chi connectivity index (χ0n) is 17.0. The monoisotopic (exact) mass is 411 g/mol. The van der Waals surface area contributed by atoms with Crippen molar-refractivity contribution in [2.24, 2.45) is 0 Å². The Morgan fingerprint density at radius 2 is 2.00 bits per heavy atom. The molecule has 0 unspecified atom stereocenters. The average molecular weight is 411 g/mol. The number of carbonyl (C=O) groups is 1. The van der Waals surface area contributed by atoms with E-state index in [2.05, 4.69) is 26.3 Å². The number of H-pyrrole nitrogens is 1. The van der Waals surface area contributed by atoms with Crippen LogP contribution in [0.5, 0.6) is 5.75 Å². The second-order valence-electron chi connectivity index (χ2n) is 7.28. The van der Waals surface area contributed by atoms with Crippen LogP contribution in [0, 0.1) is 0 Å². The van der Waals surface area contributed by atoms with Crippen LogP contribution in [-0.2, 0) is 17.9 Å². The first kappa shape index (κ1) is 18.9. The first-order chi connectivity index (χ1) is 15.2. The molecule has 7 heteroatoms. The van der Waals surface area contributed by atoms with Crippen molar-refractivity contribution < 1.29 is 9.53 Å². The third-order valence-electron chi connectivity index (χ3n) is 5.28. The summed E-state index contributed by atoms with van der Waals surface area (Å²) in [6.45, 7) is 0.599. The molecule has 5 aromatic rings. The number of amides is 1. The van der Waals surface area contributed by atoms with Crippen molar-refractivity contribution in [3.63, 3.8) is 0 Å². The summed E-state index contributed by atoms with van der Waals surface area (Å²) in [4.78, 5) is 24.7. The number of pyridine rings is 2. The van der Waals surface area contributed by atoms with E-state index >= 15 is 0 Å². The van der Waals surface area contributed by atoms with Gasteiger partial charge in [-0.15, -0.1) is 0 Å². The number of fused-ring (bicyclic) bond motifs is 2. The topological polar surface area (TPSA) is 84.8 Å². The van der Waals surface area contributed by atoms with E-state index in [4.69, 9.17) is 4.74 Å². The van der Waals surface area contributed by atoms with E-state index in [1.165, 1.54) is 0 Å². The molecule has 0 spiro atoms. The molecule has 31 heavy (non-hydrogen) atoms. The Balaban J connectivity index is 1.49. The lowest BCUT2D eigenvalue weighted by atomic mass is 10.1. The summed E-state index contributed by atoms with van der Waals surface area (Å²) in [6.07, 6.45) is 5.48. The smallest absolute Gasteiger partial charge is 0.240 e. The number of nitrogens with one attached hydrogen (secondary N) is 2. The van der Waals surface area contributed by atoms with Gasteiger partial charge >= 0.3 is 0 Å². The summed E-state index contributed by atoms with van der Waals surface area (Å²) in [6, 6.07) is 17.5. The Morgan fingerprint density at radius 1 is 1.10 bits per heavy atom. The summed E-state index contributed by atoms with van der Waals surface area (Å²) in [5, 5.41) is 4.98. The van der Waals surface area contributed by atoms with E-state index < -0.39 is 0 Å². The Morgan fingerprint density at radius 3 is 2.81 bits per heavy atom. The second-order valence-corrected chi connectivity index (χ2v) is 7.28. The number of nitrogens with zero attached hydrogens (tertiary/aromatic N) is 3. The maximum absolute atomic E-state index is 12.6. The standard InChI is InChI=1S/C24H21N5O2/c1-31-18-7-8-22-19(12-18)20(21-11-16-5-4-10-26-24(16)28-21)14-29(22)15-23(30)27-13-17-6-2-3-9-25-17/h2-12,14H,13,15H2,1H3,(H,26,28)(H,27,30). The molecule has 4 aromatic heterocycles. The van der Waals surface area contributed by atoms with Gasteiger partial charge in [-0.1, -0.05) is 6.07 Å². The van der Waals surface area contributed by atoms with E-state index in [1.807, 2.05) is 59.3 Å². The highest BCUT2D eigenvalue weighted by Crippen LogP contribution is 2.34. The molecule has 154 valence electrons.